The topological polar surface area (TPSA) is 26.0 Å². The molecule has 0 spiro atoms. The van der Waals surface area contributed by atoms with Gasteiger partial charge in [0.1, 0.15) is 5.67 Å². The molecule has 2 aliphatic carbocycles. The van der Waals surface area contributed by atoms with Gasteiger partial charge in [0.25, 0.3) is 0 Å². The van der Waals surface area contributed by atoms with Crippen LogP contribution in [0.4, 0.5) is 10.1 Å². The van der Waals surface area contributed by atoms with Crippen LogP contribution in [0.2, 0.25) is 0 Å². The summed E-state index contributed by atoms with van der Waals surface area (Å²) >= 11 is 0. The minimum absolute atomic E-state index is 0.0367. The Balaban J connectivity index is 1.69. The average molecular weight is 516 g/mol. The molecule has 1 nitrogen and oxygen atoms in total. The van der Waals surface area contributed by atoms with E-state index in [1.807, 2.05) is 13.0 Å². The first-order chi connectivity index (χ1) is 17.9. The molecule has 0 aliphatic heterocycles. The monoisotopic (exact) mass is 515 g/mol. The Morgan fingerprint density at radius 2 is 1.61 bits per heavy atom. The largest absolute Gasteiger partial charge is 0.398 e. The van der Waals surface area contributed by atoms with Gasteiger partial charge in [0.2, 0.25) is 0 Å². The smallest absolute Gasteiger partial charge is 0.117 e. The maximum atomic E-state index is 17.1. The lowest BCUT2D eigenvalue weighted by Crippen LogP contribution is -2.43. The number of hydrogen-bond donors (Lipinski definition) is 1. The van der Waals surface area contributed by atoms with E-state index in [0.717, 1.165) is 57.1 Å². The molecule has 1 fully saturated rings. The molecule has 2 aromatic carbocycles. The van der Waals surface area contributed by atoms with E-state index < -0.39 is 11.1 Å². The van der Waals surface area contributed by atoms with E-state index in [4.69, 9.17) is 5.73 Å². The van der Waals surface area contributed by atoms with Crippen LogP contribution in [0.15, 0.2) is 65.8 Å². The third-order valence-electron chi connectivity index (χ3n) is 10.9. The number of benzene rings is 2. The number of nitrogen functional groups attached to an aromatic ring is 1. The summed E-state index contributed by atoms with van der Waals surface area (Å²) < 4.78 is 17.1. The van der Waals surface area contributed by atoms with Crippen LogP contribution < -0.4 is 5.73 Å². The molecule has 2 N–H and O–H groups in total. The second-order valence-corrected chi connectivity index (χ2v) is 13.3. The van der Waals surface area contributed by atoms with Crippen molar-refractivity contribution in [2.75, 3.05) is 5.73 Å². The molecule has 0 aromatic heterocycles. The number of hydrogen-bond acceptors (Lipinski definition) is 1. The highest BCUT2D eigenvalue weighted by Gasteiger charge is 2.66. The molecule has 2 aromatic rings. The molecule has 0 saturated heterocycles. The van der Waals surface area contributed by atoms with Crippen LogP contribution in [-0.4, -0.2) is 5.67 Å². The van der Waals surface area contributed by atoms with Gasteiger partial charge >= 0.3 is 0 Å². The summed E-state index contributed by atoms with van der Waals surface area (Å²) in [5.74, 6) is 0.169. The lowest BCUT2D eigenvalue weighted by atomic mass is 9.63. The van der Waals surface area contributed by atoms with Gasteiger partial charge in [0, 0.05) is 17.0 Å². The fraction of sp³-hybridized carbons (Fsp3) is 0.556. The third kappa shape index (κ3) is 5.25. The van der Waals surface area contributed by atoms with Crippen LogP contribution in [0.25, 0.3) is 0 Å². The fourth-order valence-electron chi connectivity index (χ4n) is 7.35. The van der Waals surface area contributed by atoms with Crippen molar-refractivity contribution in [1.29, 1.82) is 0 Å². The number of halogens is 1. The zero-order valence-electron chi connectivity index (χ0n) is 25.0. The summed E-state index contributed by atoms with van der Waals surface area (Å²) in [6.07, 6.45) is 12.6. The zero-order chi connectivity index (χ0) is 27.7. The zero-order valence-corrected chi connectivity index (χ0v) is 25.0. The van der Waals surface area contributed by atoms with E-state index >= 15 is 4.39 Å². The molecule has 0 bridgehead atoms. The molecule has 4 rings (SSSR count). The van der Waals surface area contributed by atoms with Crippen LogP contribution in [0.5, 0.6) is 0 Å². The Hall–Kier alpha value is -2.35. The first-order valence-electron chi connectivity index (χ1n) is 14.9. The average Bonchev–Trinajstić information content (AvgIpc) is 2.96. The minimum Gasteiger partial charge on any atom is -0.398 e. The van der Waals surface area contributed by atoms with Crippen LogP contribution in [0.3, 0.4) is 0 Å². The number of anilines is 1. The lowest BCUT2D eigenvalue weighted by molar-refractivity contribution is -0.0155. The number of rotatable bonds is 9. The van der Waals surface area contributed by atoms with Crippen LogP contribution >= 0.6 is 0 Å². The molecule has 0 heterocycles. The maximum Gasteiger partial charge on any atom is 0.117 e. The van der Waals surface area contributed by atoms with Crippen molar-refractivity contribution in [1.82, 2.24) is 0 Å². The van der Waals surface area contributed by atoms with E-state index in [1.54, 1.807) is 0 Å². The molecule has 2 aliphatic rings. The van der Waals surface area contributed by atoms with Gasteiger partial charge in [-0.25, -0.2) is 4.39 Å². The third-order valence-corrected chi connectivity index (χ3v) is 10.9. The molecule has 0 radical (unpaired) electrons. The molecule has 3 unspecified atom stereocenters. The van der Waals surface area contributed by atoms with Crippen LogP contribution in [0, 0.1) is 29.6 Å². The molecule has 2 heteroatoms. The molecule has 1 saturated carbocycles. The van der Waals surface area contributed by atoms with Gasteiger partial charge < -0.3 is 5.73 Å². The van der Waals surface area contributed by atoms with Crippen molar-refractivity contribution in [2.24, 2.45) is 22.7 Å². The lowest BCUT2D eigenvalue weighted by Gasteiger charge is -2.43. The predicted octanol–water partition coefficient (Wildman–Crippen LogP) is 9.77. The molecule has 0 amide bonds. The fourth-order valence-corrected chi connectivity index (χ4v) is 7.35. The molecular weight excluding hydrogens is 465 g/mol. The maximum absolute atomic E-state index is 17.1. The summed E-state index contributed by atoms with van der Waals surface area (Å²) in [6, 6.07) is 15.2. The summed E-state index contributed by atoms with van der Waals surface area (Å²) in [7, 11) is 0. The second-order valence-electron chi connectivity index (χ2n) is 13.3. The minimum atomic E-state index is -1.27. The summed E-state index contributed by atoms with van der Waals surface area (Å²) in [5, 5.41) is 0. The van der Waals surface area contributed by atoms with Gasteiger partial charge in [0.05, 0.1) is 0 Å². The summed E-state index contributed by atoms with van der Waals surface area (Å²) in [6.45, 7) is 15.2. The SMILES string of the molecule is CCCC1=C(CC2C(Cc3c(N)cccc3CCc3ccc(C)cc3)C(C)(C)C(C)(C)C2(C)F)CCC=C1. The van der Waals surface area contributed by atoms with Crippen molar-refractivity contribution in [2.45, 2.75) is 106 Å². The highest BCUT2D eigenvalue weighted by Crippen LogP contribution is 2.67. The van der Waals surface area contributed by atoms with Crippen molar-refractivity contribution in [3.8, 4) is 0 Å². The standard InChI is InChI=1S/C36H50FN/c1-8-12-27-13-9-10-14-29(27)23-32-31(34(3,4)35(5,6)36(32,7)37)24-30-28(15-11-16-33(30)38)22-21-26-19-17-25(2)18-20-26/h9,11,13,15-20,31-32H,8,10,12,14,21-24,38H2,1-7H3. The number of alkyl halides is 1. The highest BCUT2D eigenvalue weighted by atomic mass is 19.1. The molecular formula is C36H50FN. The Kier molecular flexibility index (Phi) is 8.31. The van der Waals surface area contributed by atoms with Gasteiger partial charge in [-0.3, -0.25) is 0 Å². The van der Waals surface area contributed by atoms with Crippen LogP contribution in [-0.2, 0) is 19.3 Å². The van der Waals surface area contributed by atoms with Crippen molar-refractivity contribution in [3.63, 3.8) is 0 Å². The number of nitrogens with two attached hydrogens (primary N) is 1. The van der Waals surface area contributed by atoms with Gasteiger partial charge in [-0.15, -0.1) is 0 Å². The summed E-state index contributed by atoms with van der Waals surface area (Å²) in [5.41, 5.74) is 13.8. The van der Waals surface area contributed by atoms with E-state index in [0.29, 0.717) is 0 Å². The number of allylic oxidation sites excluding steroid dienone is 4. The van der Waals surface area contributed by atoms with Crippen molar-refractivity contribution in [3.05, 3.63) is 88.0 Å². The Bertz CT molecular complexity index is 1180. The van der Waals surface area contributed by atoms with Gasteiger partial charge in [0.15, 0.2) is 0 Å². The summed E-state index contributed by atoms with van der Waals surface area (Å²) in [4.78, 5) is 0. The first-order valence-corrected chi connectivity index (χ1v) is 14.9. The van der Waals surface area contributed by atoms with Crippen molar-refractivity contribution < 1.29 is 4.39 Å². The van der Waals surface area contributed by atoms with Gasteiger partial charge in [-0.2, -0.15) is 0 Å². The predicted molar refractivity (Wildman–Crippen MR) is 162 cm³/mol. The van der Waals surface area contributed by atoms with Gasteiger partial charge in [-0.05, 0) is 98.5 Å². The first kappa shape index (κ1) is 28.7. The highest BCUT2D eigenvalue weighted by molar-refractivity contribution is 5.52. The molecule has 206 valence electrons. The molecule has 3 atom stereocenters. The van der Waals surface area contributed by atoms with E-state index in [1.165, 1.54) is 33.4 Å². The normalized spacial score (nSPS) is 26.2. The van der Waals surface area contributed by atoms with Crippen LogP contribution in [0.1, 0.15) is 95.9 Å². The molecule has 38 heavy (non-hydrogen) atoms. The Morgan fingerprint density at radius 1 is 0.895 bits per heavy atom. The van der Waals surface area contributed by atoms with E-state index in [2.05, 4.69) is 90.1 Å². The number of aryl methyl sites for hydroxylation is 3. The van der Waals surface area contributed by atoms with Crippen molar-refractivity contribution >= 4 is 5.69 Å². The second kappa shape index (κ2) is 11.0. The van der Waals surface area contributed by atoms with E-state index in [-0.39, 0.29) is 17.3 Å². The Morgan fingerprint density at radius 3 is 2.29 bits per heavy atom. The quantitative estimate of drug-likeness (QED) is 0.330. The Labute approximate surface area is 231 Å². The van der Waals surface area contributed by atoms with Gasteiger partial charge in [-0.1, -0.05) is 101 Å². The van der Waals surface area contributed by atoms with E-state index in [9.17, 15) is 0 Å².